The summed E-state index contributed by atoms with van der Waals surface area (Å²) in [7, 11) is 0. The van der Waals surface area contributed by atoms with Crippen LogP contribution in [0, 0.1) is 20.8 Å². The fourth-order valence-corrected chi connectivity index (χ4v) is 3.96. The van der Waals surface area contributed by atoms with Crippen molar-refractivity contribution in [2.75, 3.05) is 18.5 Å². The molecule has 0 aromatic heterocycles. The molecule has 3 rings (SSSR count). The number of hydrogen-bond acceptors (Lipinski definition) is 2. The van der Waals surface area contributed by atoms with E-state index < -0.39 is 0 Å². The maximum Gasteiger partial charge on any atom is 0.319 e. The van der Waals surface area contributed by atoms with Crippen molar-refractivity contribution in [1.82, 2.24) is 5.32 Å². The van der Waals surface area contributed by atoms with Crippen molar-refractivity contribution >= 4 is 11.7 Å². The zero-order valence-electron chi connectivity index (χ0n) is 17.9. The van der Waals surface area contributed by atoms with Crippen molar-refractivity contribution in [2.45, 2.75) is 59.8 Å². The first-order valence-electron chi connectivity index (χ1n) is 10.3. The van der Waals surface area contributed by atoms with E-state index in [0.717, 1.165) is 34.5 Å². The van der Waals surface area contributed by atoms with Gasteiger partial charge in [-0.2, -0.15) is 0 Å². The van der Waals surface area contributed by atoms with E-state index in [4.69, 9.17) is 4.74 Å². The topological polar surface area (TPSA) is 50.4 Å². The molecule has 0 saturated heterocycles. The summed E-state index contributed by atoms with van der Waals surface area (Å²) < 4.78 is 6.13. The number of carbonyl (C=O) groups is 1. The van der Waals surface area contributed by atoms with Gasteiger partial charge in [-0.15, -0.1) is 0 Å². The molecule has 4 heteroatoms. The van der Waals surface area contributed by atoms with Gasteiger partial charge < -0.3 is 15.4 Å². The number of ether oxygens (including phenoxy) is 1. The molecule has 28 heavy (non-hydrogen) atoms. The van der Waals surface area contributed by atoms with E-state index in [2.05, 4.69) is 62.6 Å². The second-order valence-corrected chi connectivity index (χ2v) is 8.06. The number of nitrogens with one attached hydrogen (secondary N) is 2. The standard InChI is InChI=1S/C24H32N2O2/c1-7-12-25-24(27)26-22-15(4)16(5)23-21(17(22)6)20(13-28-23)19-10-8-18(9-11-19)14(2)3/h8-11,14,20H,7,12-13H2,1-6H3,(H2,25,26,27). The van der Waals surface area contributed by atoms with Crippen LogP contribution < -0.4 is 15.4 Å². The van der Waals surface area contributed by atoms with Gasteiger partial charge in [-0.25, -0.2) is 4.79 Å². The average Bonchev–Trinajstić information content (AvgIpc) is 3.13. The molecule has 0 spiro atoms. The van der Waals surface area contributed by atoms with E-state index in [9.17, 15) is 4.79 Å². The monoisotopic (exact) mass is 380 g/mol. The van der Waals surface area contributed by atoms with Gasteiger partial charge in [-0.1, -0.05) is 45.0 Å². The van der Waals surface area contributed by atoms with E-state index in [0.29, 0.717) is 19.1 Å². The highest BCUT2D eigenvalue weighted by atomic mass is 16.5. The largest absolute Gasteiger partial charge is 0.492 e. The van der Waals surface area contributed by atoms with Crippen LogP contribution in [0.5, 0.6) is 5.75 Å². The minimum absolute atomic E-state index is 0.149. The molecular weight excluding hydrogens is 348 g/mol. The number of amides is 2. The molecule has 1 unspecified atom stereocenters. The fourth-order valence-electron chi connectivity index (χ4n) is 3.96. The van der Waals surface area contributed by atoms with Crippen LogP contribution in [0.25, 0.3) is 0 Å². The number of anilines is 1. The van der Waals surface area contributed by atoms with Gasteiger partial charge in [-0.3, -0.25) is 0 Å². The van der Waals surface area contributed by atoms with Gasteiger partial charge in [0.1, 0.15) is 5.75 Å². The number of fused-ring (bicyclic) bond motifs is 1. The van der Waals surface area contributed by atoms with Gasteiger partial charge in [0.25, 0.3) is 0 Å². The number of carbonyl (C=O) groups excluding carboxylic acids is 1. The lowest BCUT2D eigenvalue weighted by Gasteiger charge is -2.20. The van der Waals surface area contributed by atoms with E-state index in [1.807, 2.05) is 13.8 Å². The number of rotatable bonds is 5. The van der Waals surface area contributed by atoms with Crippen molar-refractivity contribution in [3.8, 4) is 5.75 Å². The summed E-state index contributed by atoms with van der Waals surface area (Å²) in [6, 6.07) is 8.71. The van der Waals surface area contributed by atoms with E-state index >= 15 is 0 Å². The normalized spacial score (nSPS) is 15.3. The van der Waals surface area contributed by atoms with E-state index in [-0.39, 0.29) is 11.9 Å². The van der Waals surface area contributed by atoms with Gasteiger partial charge in [0.05, 0.1) is 6.61 Å². The van der Waals surface area contributed by atoms with Gasteiger partial charge in [0, 0.05) is 23.7 Å². The Hall–Kier alpha value is -2.49. The molecule has 0 saturated carbocycles. The Balaban J connectivity index is 1.99. The lowest BCUT2D eigenvalue weighted by molar-refractivity contribution is 0.252. The Morgan fingerprint density at radius 2 is 1.79 bits per heavy atom. The van der Waals surface area contributed by atoms with Gasteiger partial charge >= 0.3 is 6.03 Å². The molecule has 2 aromatic rings. The lowest BCUT2D eigenvalue weighted by atomic mass is 9.86. The Morgan fingerprint density at radius 3 is 2.39 bits per heavy atom. The third kappa shape index (κ3) is 3.73. The lowest BCUT2D eigenvalue weighted by Crippen LogP contribution is -2.30. The average molecular weight is 381 g/mol. The number of urea groups is 1. The molecule has 2 amide bonds. The van der Waals surface area contributed by atoms with Crippen molar-refractivity contribution in [2.24, 2.45) is 0 Å². The zero-order valence-corrected chi connectivity index (χ0v) is 17.9. The summed E-state index contributed by atoms with van der Waals surface area (Å²) in [5.41, 5.74) is 7.97. The SMILES string of the molecule is CCCNC(=O)Nc1c(C)c(C)c2c(c1C)C(c1ccc(C(C)C)cc1)CO2. The Kier molecular flexibility index (Phi) is 5.97. The fraction of sp³-hybridized carbons (Fsp3) is 0.458. The predicted molar refractivity (Wildman–Crippen MR) is 116 cm³/mol. The molecule has 2 N–H and O–H groups in total. The second kappa shape index (κ2) is 8.26. The summed E-state index contributed by atoms with van der Waals surface area (Å²) in [6.45, 7) is 14.0. The Bertz CT molecular complexity index is 869. The molecule has 0 fully saturated rings. The quantitative estimate of drug-likeness (QED) is 0.689. The molecule has 1 aliphatic rings. The molecule has 150 valence electrons. The molecule has 2 aromatic carbocycles. The zero-order chi connectivity index (χ0) is 20.4. The minimum atomic E-state index is -0.149. The smallest absolute Gasteiger partial charge is 0.319 e. The Morgan fingerprint density at radius 1 is 1.11 bits per heavy atom. The third-order valence-corrected chi connectivity index (χ3v) is 5.82. The molecule has 0 bridgehead atoms. The summed E-state index contributed by atoms with van der Waals surface area (Å²) in [6.07, 6.45) is 0.914. The van der Waals surface area contributed by atoms with Crippen LogP contribution in [-0.4, -0.2) is 19.2 Å². The molecule has 1 atom stereocenters. The van der Waals surface area contributed by atoms with Gasteiger partial charge in [0.2, 0.25) is 0 Å². The minimum Gasteiger partial charge on any atom is -0.492 e. The first-order chi connectivity index (χ1) is 13.3. The predicted octanol–water partition coefficient (Wildman–Crippen LogP) is 5.79. The van der Waals surface area contributed by atoms with Crippen LogP contribution in [0.3, 0.4) is 0 Å². The highest BCUT2D eigenvalue weighted by molar-refractivity contribution is 5.92. The summed E-state index contributed by atoms with van der Waals surface area (Å²) in [5, 5.41) is 5.98. The molecule has 1 heterocycles. The highest BCUT2D eigenvalue weighted by Gasteiger charge is 2.32. The maximum atomic E-state index is 12.3. The van der Waals surface area contributed by atoms with Crippen molar-refractivity contribution < 1.29 is 9.53 Å². The van der Waals surface area contributed by atoms with E-state index in [1.165, 1.54) is 16.7 Å². The van der Waals surface area contributed by atoms with Gasteiger partial charge in [0.15, 0.2) is 0 Å². The van der Waals surface area contributed by atoms with Crippen molar-refractivity contribution in [3.05, 3.63) is 57.6 Å². The number of hydrogen-bond donors (Lipinski definition) is 2. The molecule has 4 nitrogen and oxygen atoms in total. The van der Waals surface area contributed by atoms with Crippen LogP contribution in [0.4, 0.5) is 10.5 Å². The van der Waals surface area contributed by atoms with Crippen LogP contribution in [0.1, 0.15) is 72.4 Å². The first kappa shape index (κ1) is 20.2. The highest BCUT2D eigenvalue weighted by Crippen LogP contribution is 2.46. The van der Waals surface area contributed by atoms with Crippen LogP contribution >= 0.6 is 0 Å². The van der Waals surface area contributed by atoms with Crippen molar-refractivity contribution in [1.29, 1.82) is 0 Å². The second-order valence-electron chi connectivity index (χ2n) is 8.06. The maximum absolute atomic E-state index is 12.3. The van der Waals surface area contributed by atoms with E-state index in [1.54, 1.807) is 0 Å². The van der Waals surface area contributed by atoms with Crippen LogP contribution in [0.15, 0.2) is 24.3 Å². The Labute approximate surface area is 168 Å². The first-order valence-corrected chi connectivity index (χ1v) is 10.3. The summed E-state index contributed by atoms with van der Waals surface area (Å²) >= 11 is 0. The van der Waals surface area contributed by atoms with Crippen LogP contribution in [-0.2, 0) is 0 Å². The summed E-state index contributed by atoms with van der Waals surface area (Å²) in [5.74, 6) is 1.69. The molecule has 1 aliphatic heterocycles. The number of benzene rings is 2. The van der Waals surface area contributed by atoms with Crippen molar-refractivity contribution in [3.63, 3.8) is 0 Å². The van der Waals surface area contributed by atoms with Gasteiger partial charge in [-0.05, 0) is 60.9 Å². The summed E-state index contributed by atoms with van der Waals surface area (Å²) in [4.78, 5) is 12.3. The molecular formula is C24H32N2O2. The molecule has 0 radical (unpaired) electrons. The van der Waals surface area contributed by atoms with Crippen LogP contribution in [0.2, 0.25) is 0 Å². The molecule has 0 aliphatic carbocycles. The third-order valence-electron chi connectivity index (χ3n) is 5.82.